The average molecular weight is 293 g/mol. The number of aromatic hydroxyl groups is 1. The highest BCUT2D eigenvalue weighted by Gasteiger charge is 2.11. The highest BCUT2D eigenvalue weighted by atomic mass is 16.4. The molecule has 0 heterocycles. The molecule has 1 unspecified atom stereocenters. The summed E-state index contributed by atoms with van der Waals surface area (Å²) >= 11 is 0. The number of hydrogen-bond donors (Lipinski definition) is 3. The molecule has 0 aliphatic heterocycles. The molecule has 0 aliphatic carbocycles. The van der Waals surface area contributed by atoms with Gasteiger partial charge in [0.2, 0.25) is 0 Å². The number of phenols is 1. The lowest BCUT2D eigenvalue weighted by molar-refractivity contribution is -0.137. The lowest BCUT2D eigenvalue weighted by atomic mass is 9.94. The Labute approximate surface area is 125 Å². The van der Waals surface area contributed by atoms with Crippen molar-refractivity contribution < 1.29 is 19.8 Å². The standard InChI is InChI=1S/C16H23NO4/c1-2-4-12(7-8-15(19)20)9-10-17-16(21)13-5-3-6-14(18)11-13/h3,5-6,11-12,18H,2,4,7-10H2,1H3,(H,17,21)(H,19,20). The molecular weight excluding hydrogens is 270 g/mol. The second kappa shape index (κ2) is 9.00. The van der Waals surface area contributed by atoms with E-state index in [4.69, 9.17) is 5.11 Å². The smallest absolute Gasteiger partial charge is 0.303 e. The minimum absolute atomic E-state index is 0.0629. The van der Waals surface area contributed by atoms with Crippen molar-refractivity contribution in [3.63, 3.8) is 0 Å². The first kappa shape index (κ1) is 17.0. The minimum atomic E-state index is -0.778. The zero-order valence-electron chi connectivity index (χ0n) is 12.3. The molecule has 0 saturated heterocycles. The maximum Gasteiger partial charge on any atom is 0.303 e. The van der Waals surface area contributed by atoms with Crippen LogP contribution in [0.2, 0.25) is 0 Å². The third kappa shape index (κ3) is 6.79. The summed E-state index contributed by atoms with van der Waals surface area (Å²) in [6.45, 7) is 2.58. The van der Waals surface area contributed by atoms with Gasteiger partial charge in [-0.05, 0) is 37.0 Å². The Morgan fingerprint density at radius 2 is 2.00 bits per heavy atom. The first-order valence-electron chi connectivity index (χ1n) is 7.32. The van der Waals surface area contributed by atoms with Crippen LogP contribution in [-0.2, 0) is 4.79 Å². The van der Waals surface area contributed by atoms with Gasteiger partial charge in [-0.1, -0.05) is 25.8 Å². The molecule has 0 bridgehead atoms. The maximum absolute atomic E-state index is 11.9. The summed E-state index contributed by atoms with van der Waals surface area (Å²) in [5.74, 6) is -0.622. The van der Waals surface area contributed by atoms with Gasteiger partial charge in [0.05, 0.1) is 0 Å². The van der Waals surface area contributed by atoms with Crippen LogP contribution in [-0.4, -0.2) is 28.6 Å². The van der Waals surface area contributed by atoms with Crippen molar-refractivity contribution in [2.45, 2.75) is 39.0 Å². The monoisotopic (exact) mass is 293 g/mol. The van der Waals surface area contributed by atoms with Crippen molar-refractivity contribution in [2.75, 3.05) is 6.54 Å². The molecule has 0 aliphatic rings. The quantitative estimate of drug-likeness (QED) is 0.653. The van der Waals surface area contributed by atoms with E-state index in [0.29, 0.717) is 24.4 Å². The van der Waals surface area contributed by atoms with Gasteiger partial charge in [-0.3, -0.25) is 9.59 Å². The predicted molar refractivity (Wildman–Crippen MR) is 80.3 cm³/mol. The number of carboxylic acid groups (broad SMARTS) is 1. The lowest BCUT2D eigenvalue weighted by Gasteiger charge is -2.15. The van der Waals surface area contributed by atoms with Gasteiger partial charge in [0.15, 0.2) is 0 Å². The Kier molecular flexibility index (Phi) is 7.29. The largest absolute Gasteiger partial charge is 0.508 e. The molecule has 0 spiro atoms. The van der Waals surface area contributed by atoms with Gasteiger partial charge in [0.25, 0.3) is 5.91 Å². The Morgan fingerprint density at radius 3 is 2.62 bits per heavy atom. The molecule has 116 valence electrons. The number of benzene rings is 1. The topological polar surface area (TPSA) is 86.6 Å². The summed E-state index contributed by atoms with van der Waals surface area (Å²) in [4.78, 5) is 22.5. The van der Waals surface area contributed by atoms with E-state index in [1.165, 1.54) is 12.1 Å². The summed E-state index contributed by atoms with van der Waals surface area (Å²) in [5.41, 5.74) is 0.424. The molecule has 0 saturated carbocycles. The van der Waals surface area contributed by atoms with Crippen molar-refractivity contribution >= 4 is 11.9 Å². The number of carbonyl (C=O) groups is 2. The molecule has 21 heavy (non-hydrogen) atoms. The number of nitrogens with one attached hydrogen (secondary N) is 1. The molecule has 1 aromatic rings. The number of carboxylic acids is 1. The van der Waals surface area contributed by atoms with Crippen molar-refractivity contribution in [3.8, 4) is 5.75 Å². The van der Waals surface area contributed by atoms with Gasteiger partial charge in [0, 0.05) is 18.5 Å². The number of aliphatic carboxylic acids is 1. The van der Waals surface area contributed by atoms with Crippen molar-refractivity contribution in [3.05, 3.63) is 29.8 Å². The molecule has 0 radical (unpaired) electrons. The highest BCUT2D eigenvalue weighted by molar-refractivity contribution is 5.94. The molecule has 1 atom stereocenters. The van der Waals surface area contributed by atoms with Crippen LogP contribution >= 0.6 is 0 Å². The summed E-state index contributed by atoms with van der Waals surface area (Å²) in [6, 6.07) is 6.20. The first-order chi connectivity index (χ1) is 10.0. The summed E-state index contributed by atoms with van der Waals surface area (Å²) in [5, 5.41) is 20.9. The van der Waals surface area contributed by atoms with Crippen LogP contribution in [0.3, 0.4) is 0 Å². The summed E-state index contributed by atoms with van der Waals surface area (Å²) in [6.07, 6.45) is 3.56. The zero-order valence-corrected chi connectivity index (χ0v) is 12.3. The normalized spacial score (nSPS) is 11.9. The SMILES string of the molecule is CCCC(CCNC(=O)c1cccc(O)c1)CCC(=O)O. The van der Waals surface area contributed by atoms with E-state index in [9.17, 15) is 14.7 Å². The van der Waals surface area contributed by atoms with Gasteiger partial charge < -0.3 is 15.5 Å². The molecule has 5 nitrogen and oxygen atoms in total. The average Bonchev–Trinajstić information content (AvgIpc) is 2.44. The molecule has 5 heteroatoms. The molecule has 3 N–H and O–H groups in total. The molecular formula is C16H23NO4. The molecule has 1 rings (SSSR count). The van der Waals surface area contributed by atoms with E-state index >= 15 is 0 Å². The minimum Gasteiger partial charge on any atom is -0.508 e. The molecule has 0 fully saturated rings. The molecule has 0 aromatic heterocycles. The second-order valence-electron chi connectivity index (χ2n) is 5.18. The van der Waals surface area contributed by atoms with Gasteiger partial charge in [-0.2, -0.15) is 0 Å². The highest BCUT2D eigenvalue weighted by Crippen LogP contribution is 2.17. The van der Waals surface area contributed by atoms with Crippen LogP contribution in [0.4, 0.5) is 0 Å². The van der Waals surface area contributed by atoms with Crippen LogP contribution < -0.4 is 5.32 Å². The van der Waals surface area contributed by atoms with Gasteiger partial charge in [0.1, 0.15) is 5.75 Å². The van der Waals surface area contributed by atoms with Crippen LogP contribution in [0.25, 0.3) is 0 Å². The van der Waals surface area contributed by atoms with Gasteiger partial charge in [-0.25, -0.2) is 0 Å². The number of amides is 1. The van der Waals surface area contributed by atoms with Crippen molar-refractivity contribution in [1.82, 2.24) is 5.32 Å². The molecule has 1 aromatic carbocycles. The van der Waals surface area contributed by atoms with Gasteiger partial charge in [-0.15, -0.1) is 0 Å². The van der Waals surface area contributed by atoms with Crippen molar-refractivity contribution in [2.24, 2.45) is 5.92 Å². The fraction of sp³-hybridized carbons (Fsp3) is 0.500. The van der Waals surface area contributed by atoms with Crippen LogP contribution in [0.5, 0.6) is 5.75 Å². The first-order valence-corrected chi connectivity index (χ1v) is 7.32. The maximum atomic E-state index is 11.9. The third-order valence-electron chi connectivity index (χ3n) is 3.41. The van der Waals surface area contributed by atoms with E-state index in [1.54, 1.807) is 12.1 Å². The Hall–Kier alpha value is -2.04. The van der Waals surface area contributed by atoms with Crippen LogP contribution in [0, 0.1) is 5.92 Å². The summed E-state index contributed by atoms with van der Waals surface area (Å²) in [7, 11) is 0. The fourth-order valence-electron chi connectivity index (χ4n) is 2.31. The van der Waals surface area contributed by atoms with E-state index in [0.717, 1.165) is 19.3 Å². The Balaban J connectivity index is 2.38. The molecule has 1 amide bonds. The van der Waals surface area contributed by atoms with E-state index in [1.807, 2.05) is 0 Å². The number of rotatable bonds is 9. The number of carbonyl (C=O) groups excluding carboxylic acids is 1. The lowest BCUT2D eigenvalue weighted by Crippen LogP contribution is -2.26. The number of hydrogen-bond acceptors (Lipinski definition) is 3. The van der Waals surface area contributed by atoms with Crippen LogP contribution in [0.15, 0.2) is 24.3 Å². The third-order valence-corrected chi connectivity index (χ3v) is 3.41. The van der Waals surface area contributed by atoms with Crippen molar-refractivity contribution in [1.29, 1.82) is 0 Å². The zero-order chi connectivity index (χ0) is 15.7. The summed E-state index contributed by atoms with van der Waals surface area (Å²) < 4.78 is 0. The van der Waals surface area contributed by atoms with Crippen LogP contribution in [0.1, 0.15) is 49.4 Å². The van der Waals surface area contributed by atoms with E-state index < -0.39 is 5.97 Å². The van der Waals surface area contributed by atoms with Gasteiger partial charge >= 0.3 is 5.97 Å². The Morgan fingerprint density at radius 1 is 1.24 bits per heavy atom. The fourth-order valence-corrected chi connectivity index (χ4v) is 2.31. The number of phenolic OH excluding ortho intramolecular Hbond substituents is 1. The van der Waals surface area contributed by atoms with E-state index in [-0.39, 0.29) is 18.1 Å². The predicted octanol–water partition coefficient (Wildman–Crippen LogP) is 2.79. The second-order valence-corrected chi connectivity index (χ2v) is 5.18. The van der Waals surface area contributed by atoms with E-state index in [2.05, 4.69) is 12.2 Å². The Bertz CT molecular complexity index is 473.